The van der Waals surface area contributed by atoms with Crippen LogP contribution in [0.4, 0.5) is 0 Å². The third kappa shape index (κ3) is 4.30. The van der Waals surface area contributed by atoms with Crippen molar-refractivity contribution >= 4 is 11.3 Å². The Bertz CT molecular complexity index is 275. The van der Waals surface area contributed by atoms with Crippen molar-refractivity contribution < 1.29 is 5.11 Å². The molecule has 0 fully saturated rings. The number of nitrogens with one attached hydrogen (secondary N) is 1. The van der Waals surface area contributed by atoms with Gasteiger partial charge in [-0.1, -0.05) is 0 Å². The van der Waals surface area contributed by atoms with Crippen LogP contribution < -0.4 is 11.1 Å². The summed E-state index contributed by atoms with van der Waals surface area (Å²) in [5.41, 5.74) is 5.72. The second-order valence-corrected chi connectivity index (χ2v) is 4.94. The van der Waals surface area contributed by atoms with Crippen molar-refractivity contribution in [2.45, 2.75) is 25.8 Å². The number of thiophene rings is 1. The third-order valence-electron chi connectivity index (χ3n) is 2.32. The molecule has 86 valence electrons. The fourth-order valence-electron chi connectivity index (χ4n) is 1.45. The molecule has 0 radical (unpaired) electrons. The van der Waals surface area contributed by atoms with Crippen molar-refractivity contribution in [3.8, 4) is 0 Å². The smallest absolute Gasteiger partial charge is 0.0539 e. The molecule has 1 heterocycles. The van der Waals surface area contributed by atoms with Gasteiger partial charge in [-0.3, -0.25) is 0 Å². The molecule has 1 aromatic heterocycles. The Hall–Kier alpha value is -0.420. The molecular formula is C11H20N2OS. The van der Waals surface area contributed by atoms with E-state index in [4.69, 9.17) is 10.8 Å². The summed E-state index contributed by atoms with van der Waals surface area (Å²) in [4.78, 5) is 2.62. The van der Waals surface area contributed by atoms with E-state index < -0.39 is 0 Å². The molecule has 0 aromatic carbocycles. The highest BCUT2D eigenvalue weighted by Crippen LogP contribution is 2.21. The van der Waals surface area contributed by atoms with Crippen molar-refractivity contribution in [1.29, 1.82) is 0 Å². The van der Waals surface area contributed by atoms with Crippen LogP contribution >= 0.6 is 11.3 Å². The number of aliphatic hydroxyl groups is 1. The monoisotopic (exact) mass is 228 g/mol. The number of unbranched alkanes of at least 4 members (excludes halogenated alkanes) is 1. The molecule has 0 aliphatic rings. The number of aliphatic hydroxyl groups excluding tert-OH is 1. The van der Waals surface area contributed by atoms with Gasteiger partial charge >= 0.3 is 0 Å². The van der Waals surface area contributed by atoms with Crippen LogP contribution in [-0.2, 0) is 0 Å². The van der Waals surface area contributed by atoms with Crippen LogP contribution in [0, 0.1) is 6.92 Å². The van der Waals surface area contributed by atoms with Gasteiger partial charge in [0.25, 0.3) is 0 Å². The maximum Gasteiger partial charge on any atom is 0.0539 e. The molecule has 0 saturated heterocycles. The van der Waals surface area contributed by atoms with Crippen molar-refractivity contribution in [2.24, 2.45) is 5.73 Å². The van der Waals surface area contributed by atoms with Crippen LogP contribution in [-0.4, -0.2) is 24.8 Å². The van der Waals surface area contributed by atoms with Gasteiger partial charge in [0.2, 0.25) is 0 Å². The van der Waals surface area contributed by atoms with Crippen LogP contribution in [0.2, 0.25) is 0 Å². The molecule has 0 saturated carbocycles. The van der Waals surface area contributed by atoms with Gasteiger partial charge in [-0.2, -0.15) is 0 Å². The Morgan fingerprint density at radius 2 is 2.27 bits per heavy atom. The Labute approximate surface area is 95.3 Å². The fraction of sp³-hybridized carbons (Fsp3) is 0.636. The zero-order valence-electron chi connectivity index (χ0n) is 9.20. The maximum absolute atomic E-state index is 8.66. The van der Waals surface area contributed by atoms with Crippen LogP contribution in [0.1, 0.15) is 28.6 Å². The number of rotatable bonds is 7. The van der Waals surface area contributed by atoms with E-state index in [0.717, 1.165) is 19.4 Å². The lowest BCUT2D eigenvalue weighted by molar-refractivity contribution is 0.282. The van der Waals surface area contributed by atoms with E-state index in [1.807, 2.05) is 0 Å². The minimum atomic E-state index is 0.266. The van der Waals surface area contributed by atoms with E-state index in [9.17, 15) is 0 Å². The lowest BCUT2D eigenvalue weighted by atomic mass is 10.2. The van der Waals surface area contributed by atoms with Gasteiger partial charge in [0.15, 0.2) is 0 Å². The first-order valence-electron chi connectivity index (χ1n) is 5.38. The number of hydrogen-bond donors (Lipinski definition) is 3. The van der Waals surface area contributed by atoms with Gasteiger partial charge in [-0.15, -0.1) is 11.3 Å². The predicted molar refractivity (Wildman–Crippen MR) is 65.2 cm³/mol. The molecule has 1 aromatic rings. The lowest BCUT2D eigenvalue weighted by Gasteiger charge is -2.14. The van der Waals surface area contributed by atoms with E-state index >= 15 is 0 Å². The topological polar surface area (TPSA) is 58.3 Å². The van der Waals surface area contributed by atoms with Crippen molar-refractivity contribution in [2.75, 3.05) is 19.7 Å². The average Bonchev–Trinajstić information content (AvgIpc) is 2.65. The van der Waals surface area contributed by atoms with Gasteiger partial charge in [-0.25, -0.2) is 0 Å². The third-order valence-corrected chi connectivity index (χ3v) is 3.43. The maximum atomic E-state index is 8.66. The zero-order valence-corrected chi connectivity index (χ0v) is 10.0. The Morgan fingerprint density at radius 1 is 1.47 bits per heavy atom. The minimum absolute atomic E-state index is 0.266. The van der Waals surface area contributed by atoms with Crippen molar-refractivity contribution in [3.63, 3.8) is 0 Å². The normalized spacial score (nSPS) is 13.0. The second-order valence-electron chi connectivity index (χ2n) is 3.62. The van der Waals surface area contributed by atoms with Crippen molar-refractivity contribution in [3.05, 3.63) is 21.9 Å². The fourth-order valence-corrected chi connectivity index (χ4v) is 2.42. The summed E-state index contributed by atoms with van der Waals surface area (Å²) in [5, 5.41) is 12.1. The largest absolute Gasteiger partial charge is 0.396 e. The predicted octanol–water partition coefficient (Wildman–Crippen LogP) is 1.42. The van der Waals surface area contributed by atoms with Gasteiger partial charge in [0, 0.05) is 22.9 Å². The van der Waals surface area contributed by atoms with Crippen LogP contribution in [0.15, 0.2) is 12.1 Å². The Balaban J connectivity index is 2.35. The molecule has 1 atom stereocenters. The zero-order chi connectivity index (χ0) is 11.1. The second kappa shape index (κ2) is 6.95. The summed E-state index contributed by atoms with van der Waals surface area (Å²) in [7, 11) is 0. The molecule has 4 heteroatoms. The van der Waals surface area contributed by atoms with E-state index in [-0.39, 0.29) is 12.6 Å². The highest BCUT2D eigenvalue weighted by atomic mass is 32.1. The summed E-state index contributed by atoms with van der Waals surface area (Å²) in [6, 6.07) is 4.52. The van der Waals surface area contributed by atoms with Gasteiger partial charge < -0.3 is 16.2 Å². The van der Waals surface area contributed by atoms with Crippen molar-refractivity contribution in [1.82, 2.24) is 5.32 Å². The molecule has 0 amide bonds. The van der Waals surface area contributed by atoms with Gasteiger partial charge in [0.05, 0.1) is 6.04 Å². The van der Waals surface area contributed by atoms with Gasteiger partial charge in [0.1, 0.15) is 0 Å². The average molecular weight is 228 g/mol. The van der Waals surface area contributed by atoms with E-state index in [2.05, 4.69) is 24.4 Å². The minimum Gasteiger partial charge on any atom is -0.396 e. The number of hydrogen-bond acceptors (Lipinski definition) is 4. The van der Waals surface area contributed by atoms with Gasteiger partial charge in [-0.05, 0) is 38.4 Å². The molecule has 1 rings (SSSR count). The molecule has 15 heavy (non-hydrogen) atoms. The molecule has 1 unspecified atom stereocenters. The first-order valence-corrected chi connectivity index (χ1v) is 6.20. The summed E-state index contributed by atoms with van der Waals surface area (Å²) in [6.45, 7) is 3.92. The molecule has 3 nitrogen and oxygen atoms in total. The SMILES string of the molecule is Cc1ccc(C(CN)NCCCCO)s1. The first kappa shape index (κ1) is 12.6. The number of aryl methyl sites for hydroxylation is 1. The van der Waals surface area contributed by atoms with E-state index in [1.54, 1.807) is 11.3 Å². The Morgan fingerprint density at radius 3 is 2.80 bits per heavy atom. The number of nitrogens with two attached hydrogens (primary N) is 1. The molecule has 4 N–H and O–H groups in total. The van der Waals surface area contributed by atoms with Crippen LogP contribution in [0.25, 0.3) is 0 Å². The lowest BCUT2D eigenvalue weighted by Crippen LogP contribution is -2.28. The quantitative estimate of drug-likeness (QED) is 0.619. The van der Waals surface area contributed by atoms with E-state index in [1.165, 1.54) is 9.75 Å². The molecule has 0 aliphatic carbocycles. The molecular weight excluding hydrogens is 208 g/mol. The summed E-state index contributed by atoms with van der Waals surface area (Å²) < 4.78 is 0. The summed E-state index contributed by atoms with van der Waals surface area (Å²) in [6.07, 6.45) is 1.85. The molecule has 0 aliphatic heterocycles. The first-order chi connectivity index (χ1) is 7.27. The summed E-state index contributed by atoms with van der Waals surface area (Å²) in [5.74, 6) is 0. The molecule has 0 spiro atoms. The standard InChI is InChI=1S/C11H20N2OS/c1-9-4-5-11(15-9)10(8-12)13-6-2-3-7-14/h4-5,10,13-14H,2-3,6-8,12H2,1H3. The highest BCUT2D eigenvalue weighted by molar-refractivity contribution is 7.12. The summed E-state index contributed by atoms with van der Waals surface area (Å²) >= 11 is 1.79. The van der Waals surface area contributed by atoms with Crippen LogP contribution in [0.3, 0.4) is 0 Å². The molecule has 0 bridgehead atoms. The Kier molecular flexibility index (Phi) is 5.86. The van der Waals surface area contributed by atoms with Crippen LogP contribution in [0.5, 0.6) is 0 Å². The van der Waals surface area contributed by atoms with E-state index in [0.29, 0.717) is 6.54 Å². The highest BCUT2D eigenvalue weighted by Gasteiger charge is 2.09.